The van der Waals surface area contributed by atoms with Crippen LogP contribution in [-0.2, 0) is 12.7 Å². The Hall–Kier alpha value is -3.89. The first-order chi connectivity index (χ1) is 15.2. The summed E-state index contributed by atoms with van der Waals surface area (Å²) in [5, 5.41) is 10.6. The molecule has 1 N–H and O–H groups in total. The Morgan fingerprint density at radius 2 is 1.91 bits per heavy atom. The summed E-state index contributed by atoms with van der Waals surface area (Å²) in [6, 6.07) is 8.59. The third-order valence-corrected chi connectivity index (χ3v) is 4.99. The van der Waals surface area contributed by atoms with Gasteiger partial charge in [-0.15, -0.1) is 0 Å². The number of ether oxygens (including phenoxy) is 1. The smallest absolute Gasteiger partial charge is 0.433 e. The van der Waals surface area contributed by atoms with Crippen molar-refractivity contribution in [3.8, 4) is 17.0 Å². The molecule has 1 amide bonds. The SMILES string of the molecule is CCn1ncc(NC(=O)c2cc3nc(-c4ccc(OC)cc4)cc(C(F)(F)F)n3n2)c1C. The number of anilines is 1. The maximum atomic E-state index is 13.8. The number of alkyl halides is 3. The molecule has 3 heterocycles. The third kappa shape index (κ3) is 3.88. The van der Waals surface area contributed by atoms with Gasteiger partial charge < -0.3 is 10.1 Å². The molecule has 3 aromatic heterocycles. The predicted octanol–water partition coefficient (Wildman–Crippen LogP) is 4.20. The van der Waals surface area contributed by atoms with Gasteiger partial charge in [0.15, 0.2) is 17.0 Å². The molecule has 11 heteroatoms. The number of amides is 1. The van der Waals surface area contributed by atoms with Crippen LogP contribution >= 0.6 is 0 Å². The van der Waals surface area contributed by atoms with Crippen molar-refractivity contribution in [3.63, 3.8) is 0 Å². The summed E-state index contributed by atoms with van der Waals surface area (Å²) in [6.07, 6.45) is -3.23. The topological polar surface area (TPSA) is 86.3 Å². The van der Waals surface area contributed by atoms with E-state index in [1.165, 1.54) is 19.4 Å². The molecule has 4 rings (SSSR count). The highest BCUT2D eigenvalue weighted by molar-refractivity contribution is 6.03. The fourth-order valence-corrected chi connectivity index (χ4v) is 3.27. The highest BCUT2D eigenvalue weighted by Crippen LogP contribution is 2.32. The average molecular weight is 444 g/mol. The zero-order valence-electron chi connectivity index (χ0n) is 17.4. The van der Waals surface area contributed by atoms with Crippen LogP contribution in [0.2, 0.25) is 0 Å². The lowest BCUT2D eigenvalue weighted by Crippen LogP contribution is -2.16. The van der Waals surface area contributed by atoms with Crippen LogP contribution in [0.5, 0.6) is 5.75 Å². The van der Waals surface area contributed by atoms with Crippen LogP contribution in [0.3, 0.4) is 0 Å². The molecular formula is C21H19F3N6O2. The highest BCUT2D eigenvalue weighted by Gasteiger charge is 2.35. The fourth-order valence-electron chi connectivity index (χ4n) is 3.27. The molecule has 8 nitrogen and oxygen atoms in total. The van der Waals surface area contributed by atoms with Crippen LogP contribution in [0, 0.1) is 6.92 Å². The summed E-state index contributed by atoms with van der Waals surface area (Å²) < 4.78 is 48.7. The van der Waals surface area contributed by atoms with Crippen molar-refractivity contribution in [1.82, 2.24) is 24.4 Å². The van der Waals surface area contributed by atoms with Gasteiger partial charge in [-0.1, -0.05) is 0 Å². The zero-order valence-corrected chi connectivity index (χ0v) is 17.4. The van der Waals surface area contributed by atoms with E-state index in [0.29, 0.717) is 28.1 Å². The van der Waals surface area contributed by atoms with E-state index in [0.717, 1.165) is 11.8 Å². The Kier molecular flexibility index (Phi) is 5.33. The van der Waals surface area contributed by atoms with E-state index in [4.69, 9.17) is 4.74 Å². The van der Waals surface area contributed by atoms with Crippen molar-refractivity contribution in [3.05, 3.63) is 59.7 Å². The summed E-state index contributed by atoms with van der Waals surface area (Å²) in [6.45, 7) is 4.29. The molecule has 0 atom stereocenters. The van der Waals surface area contributed by atoms with Crippen LogP contribution in [0.15, 0.2) is 42.6 Å². The summed E-state index contributed by atoms with van der Waals surface area (Å²) in [4.78, 5) is 17.0. The molecular weight excluding hydrogens is 425 g/mol. The summed E-state index contributed by atoms with van der Waals surface area (Å²) in [5.74, 6) is -0.0933. The number of aryl methyl sites for hydroxylation is 1. The second kappa shape index (κ2) is 7.98. The monoisotopic (exact) mass is 444 g/mol. The van der Waals surface area contributed by atoms with Gasteiger partial charge >= 0.3 is 6.18 Å². The minimum atomic E-state index is -4.71. The number of benzene rings is 1. The standard InChI is InChI=1S/C21H19F3N6O2/c1-4-29-12(2)17(11-25-29)27-20(31)16-10-19-26-15(13-5-7-14(32-3)8-6-13)9-18(21(22,23)24)30(19)28-16/h5-11H,4H2,1-3H3,(H,27,31). The van der Waals surface area contributed by atoms with Gasteiger partial charge in [0.1, 0.15) is 5.75 Å². The van der Waals surface area contributed by atoms with Crippen molar-refractivity contribution in [2.75, 3.05) is 12.4 Å². The molecule has 0 aliphatic heterocycles. The van der Waals surface area contributed by atoms with Gasteiger partial charge in [-0.3, -0.25) is 9.48 Å². The van der Waals surface area contributed by atoms with E-state index in [9.17, 15) is 18.0 Å². The number of rotatable bonds is 5. The number of nitrogens with zero attached hydrogens (tertiary/aromatic N) is 5. The van der Waals surface area contributed by atoms with Gasteiger partial charge in [0.2, 0.25) is 0 Å². The molecule has 0 saturated carbocycles. The van der Waals surface area contributed by atoms with Gasteiger partial charge in [-0.05, 0) is 44.2 Å². The van der Waals surface area contributed by atoms with Gasteiger partial charge in [-0.25, -0.2) is 9.50 Å². The Morgan fingerprint density at radius 1 is 1.19 bits per heavy atom. The second-order valence-corrected chi connectivity index (χ2v) is 6.97. The number of nitrogens with one attached hydrogen (secondary N) is 1. The van der Waals surface area contributed by atoms with E-state index >= 15 is 0 Å². The molecule has 1 aromatic carbocycles. The van der Waals surface area contributed by atoms with Crippen LogP contribution < -0.4 is 10.1 Å². The Balaban J connectivity index is 1.76. The molecule has 0 saturated heterocycles. The van der Waals surface area contributed by atoms with Gasteiger partial charge in [0.05, 0.1) is 30.4 Å². The number of halogens is 3. The first-order valence-corrected chi connectivity index (χ1v) is 9.67. The molecule has 0 aliphatic carbocycles. The molecule has 0 fully saturated rings. The number of carbonyl (C=O) groups excluding carboxylic acids is 1. The second-order valence-electron chi connectivity index (χ2n) is 6.97. The lowest BCUT2D eigenvalue weighted by atomic mass is 10.1. The van der Waals surface area contributed by atoms with Crippen molar-refractivity contribution >= 4 is 17.2 Å². The molecule has 0 spiro atoms. The molecule has 4 aromatic rings. The van der Waals surface area contributed by atoms with Gasteiger partial charge in [-0.2, -0.15) is 23.4 Å². The molecule has 32 heavy (non-hydrogen) atoms. The minimum Gasteiger partial charge on any atom is -0.497 e. The van der Waals surface area contributed by atoms with Crippen molar-refractivity contribution in [2.24, 2.45) is 0 Å². The summed E-state index contributed by atoms with van der Waals surface area (Å²) in [5.41, 5.74) is 0.406. The highest BCUT2D eigenvalue weighted by atomic mass is 19.4. The van der Waals surface area contributed by atoms with Gasteiger partial charge in [0.25, 0.3) is 5.91 Å². The minimum absolute atomic E-state index is 0.0967. The van der Waals surface area contributed by atoms with Gasteiger partial charge in [0, 0.05) is 18.2 Å². The van der Waals surface area contributed by atoms with E-state index < -0.39 is 17.8 Å². The Morgan fingerprint density at radius 3 is 2.50 bits per heavy atom. The first-order valence-electron chi connectivity index (χ1n) is 9.67. The molecule has 166 valence electrons. The summed E-state index contributed by atoms with van der Waals surface area (Å²) >= 11 is 0. The maximum Gasteiger partial charge on any atom is 0.433 e. The normalized spacial score (nSPS) is 11.7. The predicted molar refractivity (Wildman–Crippen MR) is 111 cm³/mol. The molecule has 0 bridgehead atoms. The lowest BCUT2D eigenvalue weighted by molar-refractivity contribution is -0.142. The van der Waals surface area contributed by atoms with E-state index in [1.54, 1.807) is 35.9 Å². The van der Waals surface area contributed by atoms with Crippen LogP contribution in [0.1, 0.15) is 28.8 Å². The van der Waals surface area contributed by atoms with Crippen LogP contribution in [0.4, 0.5) is 18.9 Å². The molecule has 0 unspecified atom stereocenters. The average Bonchev–Trinajstić information content (AvgIpc) is 3.36. The zero-order chi connectivity index (χ0) is 23.0. The van der Waals surface area contributed by atoms with E-state index in [2.05, 4.69) is 20.5 Å². The number of carbonyl (C=O) groups is 1. The number of hydrogen-bond acceptors (Lipinski definition) is 5. The maximum absolute atomic E-state index is 13.8. The largest absolute Gasteiger partial charge is 0.497 e. The number of hydrogen-bond donors (Lipinski definition) is 1. The number of methoxy groups -OCH3 is 1. The Bertz CT molecular complexity index is 1290. The van der Waals surface area contributed by atoms with Crippen molar-refractivity contribution < 1.29 is 22.7 Å². The van der Waals surface area contributed by atoms with E-state index in [-0.39, 0.29) is 17.0 Å². The number of aromatic nitrogens is 5. The van der Waals surface area contributed by atoms with Crippen molar-refractivity contribution in [1.29, 1.82) is 0 Å². The lowest BCUT2D eigenvalue weighted by Gasteiger charge is -2.11. The van der Waals surface area contributed by atoms with Crippen LogP contribution in [-0.4, -0.2) is 37.4 Å². The summed E-state index contributed by atoms with van der Waals surface area (Å²) in [7, 11) is 1.49. The quantitative estimate of drug-likeness (QED) is 0.499. The van der Waals surface area contributed by atoms with E-state index in [1.807, 2.05) is 6.92 Å². The third-order valence-electron chi connectivity index (χ3n) is 4.99. The fraction of sp³-hybridized carbons (Fsp3) is 0.238. The first kappa shape index (κ1) is 21.3. The van der Waals surface area contributed by atoms with Crippen molar-refractivity contribution in [2.45, 2.75) is 26.6 Å². The Labute approximate surface area is 180 Å². The van der Waals surface area contributed by atoms with Crippen LogP contribution in [0.25, 0.3) is 16.9 Å². The molecule has 0 radical (unpaired) electrons. The number of fused-ring (bicyclic) bond motifs is 1. The molecule has 0 aliphatic rings.